The number of likely N-dealkylation sites (tertiary alicyclic amines) is 1. The molecule has 1 aromatic heterocycles. The number of ketones is 1. The van der Waals surface area contributed by atoms with E-state index in [4.69, 9.17) is 0 Å². The van der Waals surface area contributed by atoms with Crippen molar-refractivity contribution < 1.29 is 9.59 Å². The van der Waals surface area contributed by atoms with Crippen LogP contribution in [-0.4, -0.2) is 34.2 Å². The van der Waals surface area contributed by atoms with E-state index in [0.717, 1.165) is 29.9 Å². The van der Waals surface area contributed by atoms with Crippen LogP contribution in [0.1, 0.15) is 34.6 Å². The average Bonchev–Trinajstić information content (AvgIpc) is 3.24. The van der Waals surface area contributed by atoms with Gasteiger partial charge in [0.25, 0.3) is 0 Å². The normalized spacial score (nSPS) is 15.0. The zero-order valence-corrected chi connectivity index (χ0v) is 14.5. The molecular formula is C20H21N3O2. The van der Waals surface area contributed by atoms with Crippen molar-refractivity contribution in [2.45, 2.75) is 26.7 Å². The Bertz CT molecular complexity index is 840. The standard InChI is InChI=1S/C20H21N3O2/c1-14-12-17(15(2)23(14)16-8-4-3-5-9-16)19(24)18(13-21)20(25)22-10-6-7-11-22/h3-5,8-9,12,18H,6-7,10-11H2,1-2H3. The molecule has 25 heavy (non-hydrogen) atoms. The molecule has 3 rings (SSSR count). The van der Waals surface area contributed by atoms with Gasteiger partial charge in [-0.3, -0.25) is 9.59 Å². The SMILES string of the molecule is Cc1cc(C(=O)C(C#N)C(=O)N2CCCC2)c(C)n1-c1ccccc1. The maximum absolute atomic E-state index is 12.9. The number of hydrogen-bond donors (Lipinski definition) is 0. The number of carbonyl (C=O) groups excluding carboxylic acids is 2. The van der Waals surface area contributed by atoms with Crippen molar-refractivity contribution in [3.8, 4) is 11.8 Å². The summed E-state index contributed by atoms with van der Waals surface area (Å²) in [5.74, 6) is -2.04. The Hall–Kier alpha value is -2.87. The lowest BCUT2D eigenvalue weighted by Gasteiger charge is -2.18. The van der Waals surface area contributed by atoms with Gasteiger partial charge in [0.2, 0.25) is 5.91 Å². The fraction of sp³-hybridized carbons (Fsp3) is 0.350. The summed E-state index contributed by atoms with van der Waals surface area (Å²) in [6.07, 6.45) is 1.86. The molecule has 1 atom stereocenters. The van der Waals surface area contributed by atoms with Crippen molar-refractivity contribution in [3.05, 3.63) is 53.3 Å². The van der Waals surface area contributed by atoms with Crippen LogP contribution in [0.4, 0.5) is 0 Å². The van der Waals surface area contributed by atoms with Gasteiger partial charge in [0.15, 0.2) is 11.7 Å². The van der Waals surface area contributed by atoms with Crippen LogP contribution in [0.25, 0.3) is 5.69 Å². The Labute approximate surface area is 147 Å². The van der Waals surface area contributed by atoms with Crippen molar-refractivity contribution in [2.24, 2.45) is 5.92 Å². The minimum absolute atomic E-state index is 0.366. The number of nitriles is 1. The van der Waals surface area contributed by atoms with Crippen LogP contribution < -0.4 is 0 Å². The lowest BCUT2D eigenvalue weighted by molar-refractivity contribution is -0.131. The quantitative estimate of drug-likeness (QED) is 0.637. The molecule has 0 saturated carbocycles. The van der Waals surface area contributed by atoms with Gasteiger partial charge >= 0.3 is 0 Å². The molecule has 1 aliphatic heterocycles. The maximum Gasteiger partial charge on any atom is 0.247 e. The number of benzene rings is 1. The average molecular weight is 335 g/mol. The van der Waals surface area contributed by atoms with Gasteiger partial charge in [-0.1, -0.05) is 18.2 Å². The molecule has 1 aliphatic rings. The largest absolute Gasteiger partial charge is 0.341 e. The van der Waals surface area contributed by atoms with E-state index in [0.29, 0.717) is 18.7 Å². The summed E-state index contributed by atoms with van der Waals surface area (Å²) in [5, 5.41) is 9.45. The first-order valence-electron chi connectivity index (χ1n) is 8.51. The predicted molar refractivity (Wildman–Crippen MR) is 94.5 cm³/mol. The molecule has 1 aromatic carbocycles. The first-order valence-corrected chi connectivity index (χ1v) is 8.51. The van der Waals surface area contributed by atoms with Crippen molar-refractivity contribution in [2.75, 3.05) is 13.1 Å². The monoisotopic (exact) mass is 335 g/mol. The summed E-state index contributed by atoms with van der Waals surface area (Å²) in [6.45, 7) is 5.03. The molecule has 2 heterocycles. The molecule has 0 spiro atoms. The highest BCUT2D eigenvalue weighted by molar-refractivity contribution is 6.12. The third-order valence-corrected chi connectivity index (χ3v) is 4.77. The van der Waals surface area contributed by atoms with E-state index < -0.39 is 11.7 Å². The summed E-state index contributed by atoms with van der Waals surface area (Å²) in [4.78, 5) is 27.1. The molecule has 0 N–H and O–H groups in total. The second kappa shape index (κ2) is 6.94. The van der Waals surface area contributed by atoms with Crippen LogP contribution in [0.5, 0.6) is 0 Å². The van der Waals surface area contributed by atoms with Crippen LogP contribution in [0.3, 0.4) is 0 Å². The minimum Gasteiger partial charge on any atom is -0.341 e. The highest BCUT2D eigenvalue weighted by Crippen LogP contribution is 2.24. The molecule has 1 unspecified atom stereocenters. The summed E-state index contributed by atoms with van der Waals surface area (Å²) >= 11 is 0. The lowest BCUT2D eigenvalue weighted by atomic mass is 9.97. The van der Waals surface area contributed by atoms with Gasteiger partial charge in [-0.15, -0.1) is 0 Å². The first-order chi connectivity index (χ1) is 12.0. The van der Waals surface area contributed by atoms with E-state index in [9.17, 15) is 14.9 Å². The summed E-state index contributed by atoms with van der Waals surface area (Å²) < 4.78 is 1.97. The number of Topliss-reactive ketones (excluding diaryl/α,β-unsaturated/α-hetero) is 1. The van der Waals surface area contributed by atoms with Gasteiger partial charge in [-0.2, -0.15) is 5.26 Å². The number of aromatic nitrogens is 1. The van der Waals surface area contributed by atoms with Gasteiger partial charge in [0, 0.05) is 35.7 Å². The van der Waals surface area contributed by atoms with E-state index in [1.54, 1.807) is 11.0 Å². The Morgan fingerprint density at radius 2 is 1.76 bits per heavy atom. The van der Waals surface area contributed by atoms with Crippen LogP contribution in [0.2, 0.25) is 0 Å². The zero-order chi connectivity index (χ0) is 18.0. The maximum atomic E-state index is 12.9. The van der Waals surface area contributed by atoms with Gasteiger partial charge < -0.3 is 9.47 Å². The number of carbonyl (C=O) groups is 2. The number of para-hydroxylation sites is 1. The number of nitrogens with zero attached hydrogens (tertiary/aromatic N) is 3. The van der Waals surface area contributed by atoms with E-state index in [1.165, 1.54) is 0 Å². The molecule has 5 nitrogen and oxygen atoms in total. The fourth-order valence-corrected chi connectivity index (χ4v) is 3.49. The first kappa shape index (κ1) is 17.0. The molecule has 0 radical (unpaired) electrons. The number of aryl methyl sites for hydroxylation is 1. The van der Waals surface area contributed by atoms with E-state index >= 15 is 0 Å². The predicted octanol–water partition coefficient (Wildman–Crippen LogP) is 3.04. The van der Waals surface area contributed by atoms with Crippen molar-refractivity contribution in [1.29, 1.82) is 5.26 Å². The molecule has 0 aliphatic carbocycles. The number of hydrogen-bond acceptors (Lipinski definition) is 3. The van der Waals surface area contributed by atoms with E-state index in [1.807, 2.05) is 54.8 Å². The van der Waals surface area contributed by atoms with Gasteiger partial charge in [0.1, 0.15) is 0 Å². The third kappa shape index (κ3) is 3.08. The molecule has 1 saturated heterocycles. The Morgan fingerprint density at radius 3 is 2.36 bits per heavy atom. The fourth-order valence-electron chi connectivity index (χ4n) is 3.49. The van der Waals surface area contributed by atoms with Crippen LogP contribution in [0, 0.1) is 31.1 Å². The van der Waals surface area contributed by atoms with Crippen LogP contribution in [0.15, 0.2) is 36.4 Å². The summed E-state index contributed by atoms with van der Waals surface area (Å²) in [5.41, 5.74) is 3.05. The highest BCUT2D eigenvalue weighted by atomic mass is 16.2. The molecule has 1 fully saturated rings. The highest BCUT2D eigenvalue weighted by Gasteiger charge is 2.34. The minimum atomic E-state index is -1.26. The van der Waals surface area contributed by atoms with Crippen LogP contribution >= 0.6 is 0 Å². The lowest BCUT2D eigenvalue weighted by Crippen LogP contribution is -2.37. The molecule has 2 aromatic rings. The Morgan fingerprint density at radius 1 is 1.12 bits per heavy atom. The summed E-state index contributed by atoms with van der Waals surface area (Å²) in [7, 11) is 0. The second-order valence-corrected chi connectivity index (χ2v) is 6.41. The van der Waals surface area contributed by atoms with Gasteiger partial charge in [0.05, 0.1) is 6.07 Å². The Balaban J connectivity index is 1.94. The molecular weight excluding hydrogens is 314 g/mol. The molecule has 128 valence electrons. The second-order valence-electron chi connectivity index (χ2n) is 6.41. The topological polar surface area (TPSA) is 66.1 Å². The van der Waals surface area contributed by atoms with Crippen molar-refractivity contribution in [3.63, 3.8) is 0 Å². The van der Waals surface area contributed by atoms with Crippen molar-refractivity contribution >= 4 is 11.7 Å². The van der Waals surface area contributed by atoms with E-state index in [-0.39, 0.29) is 5.91 Å². The third-order valence-electron chi connectivity index (χ3n) is 4.77. The van der Waals surface area contributed by atoms with Gasteiger partial charge in [-0.25, -0.2) is 0 Å². The Kier molecular flexibility index (Phi) is 4.71. The number of amides is 1. The van der Waals surface area contributed by atoms with E-state index in [2.05, 4.69) is 0 Å². The molecule has 1 amide bonds. The molecule has 5 heteroatoms. The van der Waals surface area contributed by atoms with Crippen LogP contribution in [-0.2, 0) is 4.79 Å². The summed E-state index contributed by atoms with van der Waals surface area (Å²) in [6, 6.07) is 13.4. The zero-order valence-electron chi connectivity index (χ0n) is 14.5. The smallest absolute Gasteiger partial charge is 0.247 e. The molecule has 0 bridgehead atoms. The number of rotatable bonds is 4. The van der Waals surface area contributed by atoms with Crippen molar-refractivity contribution in [1.82, 2.24) is 9.47 Å². The van der Waals surface area contributed by atoms with Gasteiger partial charge in [-0.05, 0) is 44.9 Å².